The molecule has 0 rings (SSSR count). The van der Waals surface area contributed by atoms with Gasteiger partial charge in [-0.25, -0.2) is 0 Å². The smallest absolute Gasteiger partial charge is 0.0621 e. The first-order valence-electron chi connectivity index (χ1n) is 5.23. The molecule has 1 atom stereocenters. The highest BCUT2D eigenvalue weighted by atomic mass is 14.9. The van der Waals surface area contributed by atoms with E-state index in [4.69, 9.17) is 5.26 Å². The van der Waals surface area contributed by atoms with E-state index in [-0.39, 0.29) is 5.41 Å². The monoisotopic (exact) mass is 194 g/mol. The van der Waals surface area contributed by atoms with E-state index in [1.165, 1.54) is 0 Å². The molecule has 1 unspecified atom stereocenters. The third-order valence-electron chi connectivity index (χ3n) is 2.36. The summed E-state index contributed by atoms with van der Waals surface area (Å²) in [6.07, 6.45) is 4.52. The minimum atomic E-state index is 0.213. The zero-order chi connectivity index (χ0) is 11.0. The Kier molecular flexibility index (Phi) is 6.23. The van der Waals surface area contributed by atoms with E-state index in [9.17, 15) is 0 Å². The van der Waals surface area contributed by atoms with Crippen LogP contribution < -0.4 is 5.32 Å². The van der Waals surface area contributed by atoms with Gasteiger partial charge in [0.25, 0.3) is 0 Å². The van der Waals surface area contributed by atoms with Gasteiger partial charge in [0, 0.05) is 19.0 Å². The quantitative estimate of drug-likeness (QED) is 0.633. The third kappa shape index (κ3) is 6.68. The molecule has 0 aliphatic carbocycles. The van der Waals surface area contributed by atoms with Gasteiger partial charge in [-0.3, -0.25) is 0 Å². The number of nitrogens with one attached hydrogen (secondary N) is 1. The van der Waals surface area contributed by atoms with E-state index >= 15 is 0 Å². The minimum absolute atomic E-state index is 0.213. The second-order valence-electron chi connectivity index (χ2n) is 4.63. The van der Waals surface area contributed by atoms with Gasteiger partial charge in [-0.05, 0) is 25.2 Å². The van der Waals surface area contributed by atoms with Crippen LogP contribution in [-0.4, -0.2) is 12.6 Å². The highest BCUT2D eigenvalue weighted by molar-refractivity contribution is 4.81. The van der Waals surface area contributed by atoms with Crippen molar-refractivity contribution in [2.45, 2.75) is 46.1 Å². The Morgan fingerprint density at radius 3 is 2.71 bits per heavy atom. The molecule has 0 aromatic heterocycles. The fourth-order valence-electron chi connectivity index (χ4n) is 1.27. The first kappa shape index (κ1) is 13.2. The first-order chi connectivity index (χ1) is 6.52. The van der Waals surface area contributed by atoms with Crippen molar-refractivity contribution in [3.05, 3.63) is 12.7 Å². The maximum atomic E-state index is 8.51. The molecular weight excluding hydrogens is 172 g/mol. The van der Waals surface area contributed by atoms with Crippen molar-refractivity contribution in [1.82, 2.24) is 5.32 Å². The molecule has 0 saturated heterocycles. The minimum Gasteiger partial charge on any atom is -0.313 e. The first-order valence-corrected chi connectivity index (χ1v) is 5.23. The zero-order valence-corrected chi connectivity index (χ0v) is 9.64. The van der Waals surface area contributed by atoms with Crippen LogP contribution in [0.2, 0.25) is 0 Å². The SMILES string of the molecule is C=CCC(C)NCC(C)(C)CCC#N. The summed E-state index contributed by atoms with van der Waals surface area (Å²) in [5.74, 6) is 0. The lowest BCUT2D eigenvalue weighted by Crippen LogP contribution is -2.35. The Bertz CT molecular complexity index is 201. The Balaban J connectivity index is 3.74. The summed E-state index contributed by atoms with van der Waals surface area (Å²) in [7, 11) is 0. The molecule has 0 fully saturated rings. The van der Waals surface area contributed by atoms with Crippen molar-refractivity contribution in [1.29, 1.82) is 5.26 Å². The molecule has 0 bridgehead atoms. The van der Waals surface area contributed by atoms with Crippen LogP contribution in [0, 0.1) is 16.7 Å². The fraction of sp³-hybridized carbons (Fsp3) is 0.750. The van der Waals surface area contributed by atoms with Gasteiger partial charge in [0.15, 0.2) is 0 Å². The maximum Gasteiger partial charge on any atom is 0.0621 e. The summed E-state index contributed by atoms with van der Waals surface area (Å²) in [4.78, 5) is 0. The molecular formula is C12H22N2. The van der Waals surface area contributed by atoms with Crippen molar-refractivity contribution < 1.29 is 0 Å². The molecule has 0 aromatic rings. The molecule has 0 heterocycles. The average Bonchev–Trinajstić information content (AvgIpc) is 2.13. The van der Waals surface area contributed by atoms with E-state index in [1.54, 1.807) is 0 Å². The Morgan fingerprint density at radius 1 is 1.57 bits per heavy atom. The molecule has 0 aliphatic rings. The van der Waals surface area contributed by atoms with Gasteiger partial charge in [0.2, 0.25) is 0 Å². The van der Waals surface area contributed by atoms with Crippen LogP contribution in [0.1, 0.15) is 40.0 Å². The predicted molar refractivity (Wildman–Crippen MR) is 60.9 cm³/mol. The summed E-state index contributed by atoms with van der Waals surface area (Å²) >= 11 is 0. The van der Waals surface area contributed by atoms with E-state index in [0.29, 0.717) is 12.5 Å². The van der Waals surface area contributed by atoms with Crippen LogP contribution in [0.4, 0.5) is 0 Å². The van der Waals surface area contributed by atoms with Crippen LogP contribution in [-0.2, 0) is 0 Å². The third-order valence-corrected chi connectivity index (χ3v) is 2.36. The van der Waals surface area contributed by atoms with Crippen molar-refractivity contribution in [3.8, 4) is 6.07 Å². The van der Waals surface area contributed by atoms with Gasteiger partial charge < -0.3 is 5.32 Å². The topological polar surface area (TPSA) is 35.8 Å². The largest absolute Gasteiger partial charge is 0.313 e. The molecule has 0 aromatic carbocycles. The second kappa shape index (κ2) is 6.62. The molecule has 0 saturated carbocycles. The van der Waals surface area contributed by atoms with Gasteiger partial charge in [-0.2, -0.15) is 5.26 Å². The van der Waals surface area contributed by atoms with Crippen LogP contribution in [0.15, 0.2) is 12.7 Å². The van der Waals surface area contributed by atoms with Gasteiger partial charge in [0.05, 0.1) is 6.07 Å². The number of nitrogens with zero attached hydrogens (tertiary/aromatic N) is 1. The number of hydrogen-bond donors (Lipinski definition) is 1. The molecule has 0 aliphatic heterocycles. The molecule has 14 heavy (non-hydrogen) atoms. The van der Waals surface area contributed by atoms with Crippen LogP contribution in [0.3, 0.4) is 0 Å². The van der Waals surface area contributed by atoms with Gasteiger partial charge >= 0.3 is 0 Å². The standard InChI is InChI=1S/C12H22N2/c1-5-7-11(2)14-10-12(3,4)8-6-9-13/h5,11,14H,1,6-8,10H2,2-4H3. The number of nitriles is 1. The number of rotatable bonds is 7. The Labute approximate surface area is 88.0 Å². The average molecular weight is 194 g/mol. The lowest BCUT2D eigenvalue weighted by molar-refractivity contribution is 0.304. The summed E-state index contributed by atoms with van der Waals surface area (Å²) < 4.78 is 0. The lowest BCUT2D eigenvalue weighted by atomic mass is 9.88. The second-order valence-corrected chi connectivity index (χ2v) is 4.63. The molecule has 0 spiro atoms. The Hall–Kier alpha value is -0.810. The van der Waals surface area contributed by atoms with Gasteiger partial charge in [0.1, 0.15) is 0 Å². The molecule has 2 nitrogen and oxygen atoms in total. The molecule has 1 N–H and O–H groups in total. The van der Waals surface area contributed by atoms with E-state index in [1.807, 2.05) is 6.08 Å². The van der Waals surface area contributed by atoms with Crippen molar-refractivity contribution >= 4 is 0 Å². The molecule has 80 valence electrons. The van der Waals surface area contributed by atoms with Gasteiger partial charge in [-0.1, -0.05) is 19.9 Å². The fourth-order valence-corrected chi connectivity index (χ4v) is 1.27. The highest BCUT2D eigenvalue weighted by Crippen LogP contribution is 2.20. The Morgan fingerprint density at radius 2 is 2.21 bits per heavy atom. The van der Waals surface area contributed by atoms with Crippen LogP contribution >= 0.6 is 0 Å². The van der Waals surface area contributed by atoms with E-state index < -0.39 is 0 Å². The van der Waals surface area contributed by atoms with E-state index in [2.05, 4.69) is 38.7 Å². The summed E-state index contributed by atoms with van der Waals surface area (Å²) in [5.41, 5.74) is 0.213. The normalized spacial score (nSPS) is 13.3. The molecule has 2 heteroatoms. The number of hydrogen-bond acceptors (Lipinski definition) is 2. The predicted octanol–water partition coefficient (Wildman–Crippen LogP) is 2.87. The van der Waals surface area contributed by atoms with Crippen molar-refractivity contribution in [2.24, 2.45) is 5.41 Å². The lowest BCUT2D eigenvalue weighted by Gasteiger charge is -2.26. The zero-order valence-electron chi connectivity index (χ0n) is 9.64. The summed E-state index contributed by atoms with van der Waals surface area (Å²) in [6, 6.07) is 2.67. The summed E-state index contributed by atoms with van der Waals surface area (Å²) in [6.45, 7) is 11.2. The molecule has 0 radical (unpaired) electrons. The maximum absolute atomic E-state index is 8.51. The van der Waals surface area contributed by atoms with Crippen molar-refractivity contribution in [2.75, 3.05) is 6.54 Å². The van der Waals surface area contributed by atoms with Gasteiger partial charge in [-0.15, -0.1) is 6.58 Å². The highest BCUT2D eigenvalue weighted by Gasteiger charge is 2.17. The van der Waals surface area contributed by atoms with Crippen LogP contribution in [0.25, 0.3) is 0 Å². The van der Waals surface area contributed by atoms with Crippen molar-refractivity contribution in [3.63, 3.8) is 0 Å². The van der Waals surface area contributed by atoms with E-state index in [0.717, 1.165) is 19.4 Å². The van der Waals surface area contributed by atoms with Crippen LogP contribution in [0.5, 0.6) is 0 Å². The summed E-state index contributed by atoms with van der Waals surface area (Å²) in [5, 5.41) is 12.0. The molecule has 0 amide bonds.